The van der Waals surface area contributed by atoms with Crippen molar-refractivity contribution in [3.05, 3.63) is 47.5 Å². The Bertz CT molecular complexity index is 889. The normalized spacial score (nSPS) is 12.6. The van der Waals surface area contributed by atoms with Crippen molar-refractivity contribution in [3.63, 3.8) is 0 Å². The molecule has 0 atom stereocenters. The second-order valence-electron chi connectivity index (χ2n) is 13.8. The third-order valence-corrected chi connectivity index (χ3v) is 6.74. The number of aliphatic hydroxyl groups excluding tert-OH is 1. The molecule has 0 radical (unpaired) electrons. The zero-order valence-corrected chi connectivity index (χ0v) is 26.3. The number of hydrogen-bond donors (Lipinski definition) is 3. The first kappa shape index (κ1) is 34.8. The van der Waals surface area contributed by atoms with Gasteiger partial charge in [-0.05, 0) is 83.7 Å². The molecule has 0 fully saturated rings. The van der Waals surface area contributed by atoms with Gasteiger partial charge in [-0.1, -0.05) is 93.1 Å². The summed E-state index contributed by atoms with van der Waals surface area (Å²) in [5.74, 6) is 0.498. The first-order valence-electron chi connectivity index (χ1n) is 12.7. The summed E-state index contributed by atoms with van der Waals surface area (Å²) in [4.78, 5) is 1.56. The topological polar surface area (TPSA) is 60.7 Å². The molecule has 208 valence electrons. The van der Waals surface area contributed by atoms with Crippen LogP contribution in [0.3, 0.4) is 0 Å². The van der Waals surface area contributed by atoms with Gasteiger partial charge in [-0.15, -0.1) is 0 Å². The van der Waals surface area contributed by atoms with Crippen LogP contribution in [0.1, 0.15) is 107 Å². The molecule has 0 aromatic heterocycles. The summed E-state index contributed by atoms with van der Waals surface area (Å²) in [6.45, 7) is 26.0. The molecule has 3 N–H and O–H groups in total. The van der Waals surface area contributed by atoms with E-state index in [-0.39, 0.29) is 55.8 Å². The maximum Gasteiger partial charge on any atom is 0.129 e. The molecule has 0 aliphatic carbocycles. The van der Waals surface area contributed by atoms with Gasteiger partial charge in [0.1, 0.15) is 11.5 Å². The predicted octanol–water partition coefficient (Wildman–Crippen LogP) is 9.06. The number of aromatic hydroxyl groups is 2. The molecule has 2 aromatic rings. The van der Waals surface area contributed by atoms with E-state index in [0.717, 1.165) is 22.6 Å². The molecule has 0 saturated heterocycles. The predicted molar refractivity (Wildman–Crippen MR) is 152 cm³/mol. The molecule has 0 amide bonds. The molecule has 0 spiro atoms. The summed E-state index contributed by atoms with van der Waals surface area (Å²) >= 11 is 1.44. The van der Waals surface area contributed by atoms with Gasteiger partial charge in [-0.2, -0.15) is 0 Å². The standard InChI is InChI=1S/C28H42O2S.C3H8O.Ni/c1-25(2,3)17-27(7,8)19-11-13-21(29)23(15-19)31-24-16-20(12-14-22(24)30)28(9,10)18-26(4,5)6;1-3(2)4;/h11-16,29-30H,17-18H2,1-10H3;3-4H,1-2H3;. The summed E-state index contributed by atoms with van der Waals surface area (Å²) in [6.07, 6.45) is 1.91. The van der Waals surface area contributed by atoms with Gasteiger partial charge in [0.2, 0.25) is 0 Å². The van der Waals surface area contributed by atoms with Crippen molar-refractivity contribution in [2.45, 2.75) is 123 Å². The first-order chi connectivity index (χ1) is 15.6. The van der Waals surface area contributed by atoms with Crippen molar-refractivity contribution in [2.24, 2.45) is 10.8 Å². The summed E-state index contributed by atoms with van der Waals surface area (Å²) in [7, 11) is 0. The minimum atomic E-state index is -0.167. The zero-order valence-electron chi connectivity index (χ0n) is 24.5. The van der Waals surface area contributed by atoms with Crippen molar-refractivity contribution in [2.75, 3.05) is 0 Å². The average Bonchev–Trinajstić information content (AvgIpc) is 2.60. The third kappa shape index (κ3) is 11.9. The molecule has 2 rings (SSSR count). The Morgan fingerprint density at radius 2 is 0.917 bits per heavy atom. The summed E-state index contributed by atoms with van der Waals surface area (Å²) in [5, 5.41) is 29.2. The van der Waals surface area contributed by atoms with E-state index in [9.17, 15) is 10.2 Å². The first-order valence-corrected chi connectivity index (χ1v) is 13.5. The Kier molecular flexibility index (Phi) is 12.7. The van der Waals surface area contributed by atoms with Crippen molar-refractivity contribution in [1.82, 2.24) is 0 Å². The van der Waals surface area contributed by atoms with E-state index in [4.69, 9.17) is 5.11 Å². The quantitative estimate of drug-likeness (QED) is 0.308. The van der Waals surface area contributed by atoms with E-state index in [0.29, 0.717) is 0 Å². The van der Waals surface area contributed by atoms with Crippen LogP contribution < -0.4 is 0 Å². The van der Waals surface area contributed by atoms with E-state index >= 15 is 0 Å². The van der Waals surface area contributed by atoms with E-state index < -0.39 is 0 Å². The monoisotopic (exact) mass is 560 g/mol. The Balaban J connectivity index is 0.00000227. The SMILES string of the molecule is CC(C)(C)CC(C)(C)c1ccc(O)c(Sc2cc(C(C)(C)CC(C)(C)C)ccc2O)c1.CC(C)O.[Ni]. The number of benzene rings is 2. The summed E-state index contributed by atoms with van der Waals surface area (Å²) < 4.78 is 0. The molecule has 36 heavy (non-hydrogen) atoms. The molecular formula is C31H50NiO3S. The van der Waals surface area contributed by atoms with Gasteiger partial charge in [-0.25, -0.2) is 0 Å². The molecule has 2 aromatic carbocycles. The van der Waals surface area contributed by atoms with E-state index in [1.165, 1.54) is 22.9 Å². The van der Waals surface area contributed by atoms with E-state index in [2.05, 4.69) is 81.4 Å². The zero-order chi connectivity index (χ0) is 27.4. The van der Waals surface area contributed by atoms with Crippen molar-refractivity contribution in [3.8, 4) is 11.5 Å². The minimum absolute atomic E-state index is 0. The molecule has 0 unspecified atom stereocenters. The van der Waals surface area contributed by atoms with Crippen molar-refractivity contribution in [1.29, 1.82) is 0 Å². The molecule has 5 heteroatoms. The molecule has 0 bridgehead atoms. The molecular weight excluding hydrogens is 511 g/mol. The number of rotatable bonds is 6. The van der Waals surface area contributed by atoms with E-state index in [1.54, 1.807) is 26.0 Å². The fourth-order valence-corrected chi connectivity index (χ4v) is 5.96. The minimum Gasteiger partial charge on any atom is -0.507 e. The number of phenolic OH excluding ortho intramolecular Hbond substituents is 2. The molecule has 0 saturated carbocycles. The van der Waals surface area contributed by atoms with Crippen molar-refractivity contribution >= 4 is 11.8 Å². The van der Waals surface area contributed by atoms with Crippen LogP contribution in [0.4, 0.5) is 0 Å². The van der Waals surface area contributed by atoms with Gasteiger partial charge in [0, 0.05) is 22.6 Å². The maximum atomic E-state index is 10.6. The van der Waals surface area contributed by atoms with Crippen LogP contribution >= 0.6 is 11.8 Å². The molecule has 0 aliphatic rings. The maximum absolute atomic E-state index is 10.6. The van der Waals surface area contributed by atoms with Crippen LogP contribution in [0.15, 0.2) is 46.2 Å². The van der Waals surface area contributed by atoms with Crippen LogP contribution in [0.25, 0.3) is 0 Å². The number of aliphatic hydroxyl groups is 1. The third-order valence-electron chi connectivity index (χ3n) is 5.65. The van der Waals surface area contributed by atoms with Gasteiger partial charge >= 0.3 is 0 Å². The van der Waals surface area contributed by atoms with Crippen LogP contribution in [0.5, 0.6) is 11.5 Å². The largest absolute Gasteiger partial charge is 0.507 e. The van der Waals surface area contributed by atoms with Gasteiger partial charge in [0.15, 0.2) is 0 Å². The fraction of sp³-hybridized carbons (Fsp3) is 0.613. The van der Waals surface area contributed by atoms with Crippen molar-refractivity contribution < 1.29 is 31.8 Å². The fourth-order valence-electron chi connectivity index (χ4n) is 5.01. The second kappa shape index (κ2) is 13.1. The Hall–Kier alpha value is -1.16. The van der Waals surface area contributed by atoms with Gasteiger partial charge in [-0.3, -0.25) is 0 Å². The summed E-state index contributed by atoms with van der Waals surface area (Å²) in [5.41, 5.74) is 2.79. The van der Waals surface area contributed by atoms with Crippen LogP contribution in [0.2, 0.25) is 0 Å². The summed E-state index contributed by atoms with van der Waals surface area (Å²) in [6, 6.07) is 11.8. The Labute approximate surface area is 235 Å². The molecule has 3 nitrogen and oxygen atoms in total. The van der Waals surface area contributed by atoms with Gasteiger partial charge < -0.3 is 15.3 Å². The van der Waals surface area contributed by atoms with E-state index in [1.807, 2.05) is 12.1 Å². The van der Waals surface area contributed by atoms with Gasteiger partial charge in [0.25, 0.3) is 0 Å². The number of phenols is 2. The smallest absolute Gasteiger partial charge is 0.129 e. The Morgan fingerprint density at radius 3 is 1.17 bits per heavy atom. The second-order valence-corrected chi connectivity index (χ2v) is 14.9. The number of hydrogen-bond acceptors (Lipinski definition) is 4. The van der Waals surface area contributed by atoms with Crippen LogP contribution in [0, 0.1) is 10.8 Å². The Morgan fingerprint density at radius 1 is 0.639 bits per heavy atom. The van der Waals surface area contributed by atoms with Crippen LogP contribution in [-0.4, -0.2) is 21.4 Å². The molecule has 0 aliphatic heterocycles. The average molecular weight is 561 g/mol. The molecule has 0 heterocycles. The van der Waals surface area contributed by atoms with Gasteiger partial charge in [0.05, 0.1) is 9.79 Å². The van der Waals surface area contributed by atoms with Crippen LogP contribution in [-0.2, 0) is 27.3 Å².